The number of halogens is 1. The van der Waals surface area contributed by atoms with Gasteiger partial charge >= 0.3 is 0 Å². The van der Waals surface area contributed by atoms with Gasteiger partial charge in [-0.25, -0.2) is 0 Å². The summed E-state index contributed by atoms with van der Waals surface area (Å²) in [5.41, 5.74) is 2.22. The first-order valence-electron chi connectivity index (χ1n) is 10.5. The fraction of sp³-hybridized carbons (Fsp3) is 0.200. The largest absolute Gasteiger partial charge is 0.508 e. The molecule has 1 aromatic heterocycles. The lowest BCUT2D eigenvalue weighted by atomic mass is 9.92. The lowest BCUT2D eigenvalue weighted by molar-refractivity contribution is 0.0128. The highest BCUT2D eigenvalue weighted by Gasteiger charge is 2.35. The van der Waals surface area contributed by atoms with Crippen LogP contribution in [-0.2, 0) is 9.47 Å². The molecule has 0 saturated carbocycles. The van der Waals surface area contributed by atoms with E-state index in [1.165, 1.54) is 12.1 Å². The second-order valence-corrected chi connectivity index (χ2v) is 8.31. The number of rotatable bonds is 7. The molecule has 1 aliphatic rings. The minimum absolute atomic E-state index is 0.0547. The van der Waals surface area contributed by atoms with E-state index in [1.807, 2.05) is 0 Å². The zero-order valence-corrected chi connectivity index (χ0v) is 18.8. The number of hydrogen-bond donors (Lipinski definition) is 3. The van der Waals surface area contributed by atoms with Crippen LogP contribution >= 0.6 is 11.6 Å². The highest BCUT2D eigenvalue weighted by molar-refractivity contribution is 6.35. The smallest absolute Gasteiger partial charge is 0.259 e. The number of benzene rings is 3. The molecule has 1 aliphatic heterocycles. The Kier molecular flexibility index (Phi) is 5.75. The first-order valence-corrected chi connectivity index (χ1v) is 10.9. The molecule has 1 atom stereocenters. The van der Waals surface area contributed by atoms with Crippen molar-refractivity contribution in [2.75, 3.05) is 26.9 Å². The van der Waals surface area contributed by atoms with Crippen LogP contribution in [0, 0.1) is 0 Å². The number of ether oxygens (including phenoxy) is 2. The molecular formula is C25H20ClNO7. The highest BCUT2D eigenvalue weighted by atomic mass is 35.5. The summed E-state index contributed by atoms with van der Waals surface area (Å²) in [6.07, 6.45) is -1.11. The molecule has 0 bridgehead atoms. The van der Waals surface area contributed by atoms with Crippen LogP contribution in [0.5, 0.6) is 5.75 Å². The standard InChI is InChI=1S/C25H20ClNO7/c1-32-6-7-33-11-18(29)15-8-12(28)9-16-20-19(34-23(15)16)10-14(13-4-2-3-5-17(13)26)21-22(20)25(31)27-24(21)30/h2-5,8-10,18,28-29H,6-7,11H2,1H3,(H,27,30,31). The minimum atomic E-state index is -1.11. The summed E-state index contributed by atoms with van der Waals surface area (Å²) >= 11 is 6.40. The van der Waals surface area contributed by atoms with Crippen molar-refractivity contribution in [3.8, 4) is 16.9 Å². The molecule has 9 heteroatoms. The van der Waals surface area contributed by atoms with Crippen LogP contribution in [0.3, 0.4) is 0 Å². The predicted molar refractivity (Wildman–Crippen MR) is 125 cm³/mol. The van der Waals surface area contributed by atoms with Gasteiger partial charge in [0.25, 0.3) is 11.8 Å². The number of carbonyl (C=O) groups is 2. The molecule has 2 heterocycles. The van der Waals surface area contributed by atoms with E-state index in [4.69, 9.17) is 25.5 Å². The molecule has 0 saturated heterocycles. The zero-order chi connectivity index (χ0) is 24.0. The van der Waals surface area contributed by atoms with Gasteiger partial charge in [-0.2, -0.15) is 0 Å². The van der Waals surface area contributed by atoms with Gasteiger partial charge in [0.1, 0.15) is 23.0 Å². The van der Waals surface area contributed by atoms with Crippen molar-refractivity contribution in [1.82, 2.24) is 5.32 Å². The predicted octanol–water partition coefficient (Wildman–Crippen LogP) is 4.19. The number of aromatic hydroxyl groups is 1. The number of methoxy groups -OCH3 is 1. The summed E-state index contributed by atoms with van der Waals surface area (Å²) in [6.45, 7) is 0.598. The molecule has 3 aromatic carbocycles. The molecule has 3 N–H and O–H groups in total. The van der Waals surface area contributed by atoms with Crippen molar-refractivity contribution in [2.24, 2.45) is 0 Å². The summed E-state index contributed by atoms with van der Waals surface area (Å²) in [6, 6.07) is 11.5. The summed E-state index contributed by atoms with van der Waals surface area (Å²) < 4.78 is 16.5. The van der Waals surface area contributed by atoms with Gasteiger partial charge < -0.3 is 24.1 Å². The molecular weight excluding hydrogens is 462 g/mol. The van der Waals surface area contributed by atoms with Crippen LogP contribution in [0.1, 0.15) is 32.4 Å². The van der Waals surface area contributed by atoms with Crippen molar-refractivity contribution in [1.29, 1.82) is 0 Å². The van der Waals surface area contributed by atoms with Crippen molar-refractivity contribution >= 4 is 45.4 Å². The monoisotopic (exact) mass is 481 g/mol. The van der Waals surface area contributed by atoms with E-state index >= 15 is 0 Å². The number of furan rings is 1. The van der Waals surface area contributed by atoms with Gasteiger partial charge in [0, 0.05) is 39.6 Å². The van der Waals surface area contributed by atoms with E-state index in [2.05, 4.69) is 5.32 Å². The van der Waals surface area contributed by atoms with Crippen molar-refractivity contribution < 1.29 is 33.7 Å². The first-order chi connectivity index (χ1) is 16.4. The summed E-state index contributed by atoms with van der Waals surface area (Å²) in [5, 5.41) is 24.6. The zero-order valence-electron chi connectivity index (χ0n) is 18.1. The maximum Gasteiger partial charge on any atom is 0.259 e. The maximum absolute atomic E-state index is 12.9. The normalized spacial score (nSPS) is 14.1. The van der Waals surface area contributed by atoms with Gasteiger partial charge in [-0.05, 0) is 24.3 Å². The van der Waals surface area contributed by atoms with E-state index in [-0.39, 0.29) is 35.7 Å². The number of fused-ring (bicyclic) bond motifs is 5. The SMILES string of the molecule is COCCOCC(O)c1cc(O)cc2c1oc1cc(-c3ccccc3Cl)c3c(c12)C(=O)NC3=O. The first kappa shape index (κ1) is 22.4. The molecule has 0 fully saturated rings. The van der Waals surface area contributed by atoms with Gasteiger partial charge in [-0.15, -0.1) is 0 Å². The Hall–Kier alpha value is -3.43. The topological polar surface area (TPSA) is 118 Å². The van der Waals surface area contributed by atoms with E-state index in [9.17, 15) is 19.8 Å². The van der Waals surface area contributed by atoms with Gasteiger partial charge in [0.15, 0.2) is 0 Å². The van der Waals surface area contributed by atoms with Crippen LogP contribution in [-0.4, -0.2) is 49.0 Å². The number of phenolic OH excluding ortho intramolecular Hbond substituents is 1. The summed E-state index contributed by atoms with van der Waals surface area (Å²) in [5.74, 6) is -1.25. The molecule has 0 spiro atoms. The fourth-order valence-electron chi connectivity index (χ4n) is 4.31. The summed E-state index contributed by atoms with van der Waals surface area (Å²) in [7, 11) is 1.54. The van der Waals surface area contributed by atoms with Crippen LogP contribution < -0.4 is 5.32 Å². The fourth-order valence-corrected chi connectivity index (χ4v) is 4.55. The van der Waals surface area contributed by atoms with E-state index < -0.39 is 17.9 Å². The average molecular weight is 482 g/mol. The molecule has 1 unspecified atom stereocenters. The molecule has 34 heavy (non-hydrogen) atoms. The van der Waals surface area contributed by atoms with Crippen molar-refractivity contribution in [2.45, 2.75) is 6.10 Å². The highest BCUT2D eigenvalue weighted by Crippen LogP contribution is 2.44. The van der Waals surface area contributed by atoms with Gasteiger partial charge in [0.05, 0.1) is 30.9 Å². The molecule has 2 amide bonds. The number of amides is 2. The molecule has 8 nitrogen and oxygen atoms in total. The van der Waals surface area contributed by atoms with Gasteiger partial charge in [-0.3, -0.25) is 14.9 Å². The van der Waals surface area contributed by atoms with Gasteiger partial charge in [0.2, 0.25) is 0 Å². The van der Waals surface area contributed by atoms with Crippen LogP contribution in [0.2, 0.25) is 5.02 Å². The Morgan fingerprint density at radius 3 is 2.59 bits per heavy atom. The molecule has 0 radical (unpaired) electrons. The van der Waals surface area contributed by atoms with Crippen LogP contribution in [0.15, 0.2) is 46.9 Å². The quantitative estimate of drug-likeness (QED) is 0.267. The van der Waals surface area contributed by atoms with Crippen LogP contribution in [0.25, 0.3) is 33.1 Å². The lowest BCUT2D eigenvalue weighted by Crippen LogP contribution is -2.20. The minimum Gasteiger partial charge on any atom is -0.508 e. The molecule has 0 aliphatic carbocycles. The Labute approximate surface area is 198 Å². The molecule has 174 valence electrons. The third-order valence-corrected chi connectivity index (χ3v) is 6.12. The number of carbonyl (C=O) groups excluding carboxylic acids is 2. The van der Waals surface area contributed by atoms with E-state index in [0.717, 1.165) is 0 Å². The second-order valence-electron chi connectivity index (χ2n) is 7.91. The third-order valence-electron chi connectivity index (χ3n) is 5.79. The number of nitrogens with one attached hydrogen (secondary N) is 1. The number of aliphatic hydroxyl groups excluding tert-OH is 1. The number of imide groups is 1. The van der Waals surface area contributed by atoms with Crippen molar-refractivity contribution in [3.63, 3.8) is 0 Å². The maximum atomic E-state index is 12.9. The summed E-state index contributed by atoms with van der Waals surface area (Å²) in [4.78, 5) is 25.6. The Balaban J connectivity index is 1.76. The van der Waals surface area contributed by atoms with Crippen LogP contribution in [0.4, 0.5) is 0 Å². The molecule has 5 rings (SSSR count). The van der Waals surface area contributed by atoms with E-state index in [1.54, 1.807) is 37.4 Å². The van der Waals surface area contributed by atoms with E-state index in [0.29, 0.717) is 44.7 Å². The number of hydrogen-bond acceptors (Lipinski definition) is 7. The second kappa shape index (κ2) is 8.73. The number of phenols is 1. The van der Waals surface area contributed by atoms with Crippen molar-refractivity contribution in [3.05, 3.63) is 64.2 Å². The Morgan fingerprint density at radius 2 is 1.82 bits per heavy atom. The lowest BCUT2D eigenvalue weighted by Gasteiger charge is -2.12. The number of aliphatic hydroxyl groups is 1. The third kappa shape index (κ3) is 3.61. The van der Waals surface area contributed by atoms with Gasteiger partial charge in [-0.1, -0.05) is 29.8 Å². The molecule has 4 aromatic rings. The average Bonchev–Trinajstić information content (AvgIpc) is 3.32. The Bertz CT molecular complexity index is 1460. The Morgan fingerprint density at radius 1 is 1.06 bits per heavy atom.